The summed E-state index contributed by atoms with van der Waals surface area (Å²) in [5, 5.41) is 4.33. The van der Waals surface area contributed by atoms with E-state index in [9.17, 15) is 9.59 Å². The summed E-state index contributed by atoms with van der Waals surface area (Å²) in [7, 11) is 0. The number of amides is 1. The average Bonchev–Trinajstić information content (AvgIpc) is 2.67. The maximum Gasteiger partial charge on any atom is 0.271 e. The van der Waals surface area contributed by atoms with Gasteiger partial charge < -0.3 is 5.32 Å². The quantitative estimate of drug-likeness (QED) is 0.806. The highest BCUT2D eigenvalue weighted by atomic mass is 32.1. The Hall–Kier alpha value is -1.69. The van der Waals surface area contributed by atoms with Crippen LogP contribution in [0.2, 0.25) is 0 Å². The third-order valence-electron chi connectivity index (χ3n) is 1.92. The Kier molecular flexibility index (Phi) is 2.51. The van der Waals surface area contributed by atoms with Crippen molar-refractivity contribution in [1.29, 1.82) is 0 Å². The first kappa shape index (κ1) is 9.85. The van der Waals surface area contributed by atoms with Crippen LogP contribution in [-0.2, 0) is 0 Å². The van der Waals surface area contributed by atoms with E-state index in [0.29, 0.717) is 11.5 Å². The van der Waals surface area contributed by atoms with E-state index in [1.165, 1.54) is 21.9 Å². The molecule has 0 aliphatic carbocycles. The van der Waals surface area contributed by atoms with Crippen LogP contribution in [0.25, 0.3) is 4.96 Å². The minimum Gasteiger partial charge on any atom is -0.352 e. The summed E-state index contributed by atoms with van der Waals surface area (Å²) in [5.41, 5.74) is -0.250. The van der Waals surface area contributed by atoms with Gasteiger partial charge >= 0.3 is 0 Å². The molecule has 2 heterocycles. The Morgan fingerprint density at radius 3 is 3.20 bits per heavy atom. The normalized spacial score (nSPS) is 10.5. The van der Waals surface area contributed by atoms with E-state index in [2.05, 4.69) is 10.3 Å². The van der Waals surface area contributed by atoms with Crippen molar-refractivity contribution in [2.24, 2.45) is 0 Å². The van der Waals surface area contributed by atoms with Crippen LogP contribution < -0.4 is 10.9 Å². The zero-order valence-electron chi connectivity index (χ0n) is 8.06. The van der Waals surface area contributed by atoms with Crippen molar-refractivity contribution in [2.45, 2.75) is 6.92 Å². The fourth-order valence-corrected chi connectivity index (χ4v) is 1.91. The second-order valence-electron chi connectivity index (χ2n) is 2.89. The number of thiazole rings is 1. The summed E-state index contributed by atoms with van der Waals surface area (Å²) in [6, 6.07) is 0. The lowest BCUT2D eigenvalue weighted by Gasteiger charge is -2.00. The molecule has 2 rings (SSSR count). The SMILES string of the molecule is CCNC(=O)c1cnc2sccn2c1=O. The second-order valence-corrected chi connectivity index (χ2v) is 3.77. The van der Waals surface area contributed by atoms with Crippen molar-refractivity contribution >= 4 is 22.2 Å². The van der Waals surface area contributed by atoms with Gasteiger partial charge in [0.25, 0.3) is 11.5 Å². The molecule has 2 aromatic rings. The Bertz CT molecular complexity index is 558. The molecule has 2 aromatic heterocycles. The van der Waals surface area contributed by atoms with Gasteiger partial charge in [-0.3, -0.25) is 14.0 Å². The number of nitrogens with one attached hydrogen (secondary N) is 1. The lowest BCUT2D eigenvalue weighted by molar-refractivity contribution is 0.0954. The summed E-state index contributed by atoms with van der Waals surface area (Å²) in [4.78, 5) is 27.9. The number of hydrogen-bond acceptors (Lipinski definition) is 4. The molecule has 78 valence electrons. The molecule has 0 fully saturated rings. The molecule has 0 saturated carbocycles. The van der Waals surface area contributed by atoms with E-state index in [0.717, 1.165) is 0 Å². The molecule has 0 saturated heterocycles. The number of carbonyl (C=O) groups is 1. The van der Waals surface area contributed by atoms with Crippen molar-refractivity contribution in [3.63, 3.8) is 0 Å². The molecule has 15 heavy (non-hydrogen) atoms. The predicted octanol–water partition coefficient (Wildman–Crippen LogP) is 0.506. The third-order valence-corrected chi connectivity index (χ3v) is 2.70. The van der Waals surface area contributed by atoms with Crippen molar-refractivity contribution < 1.29 is 4.79 Å². The molecular formula is C9H9N3O2S. The first-order chi connectivity index (χ1) is 7.24. The van der Waals surface area contributed by atoms with Gasteiger partial charge in [-0.15, -0.1) is 11.3 Å². The molecule has 0 aliphatic rings. The first-order valence-corrected chi connectivity index (χ1v) is 5.35. The van der Waals surface area contributed by atoms with E-state index < -0.39 is 0 Å². The molecule has 0 bridgehead atoms. The van der Waals surface area contributed by atoms with Crippen LogP contribution in [0.3, 0.4) is 0 Å². The summed E-state index contributed by atoms with van der Waals surface area (Å²) in [6.45, 7) is 2.29. The van der Waals surface area contributed by atoms with Crippen molar-refractivity contribution in [1.82, 2.24) is 14.7 Å². The summed E-state index contributed by atoms with van der Waals surface area (Å²) in [6.07, 6.45) is 2.93. The molecule has 0 aliphatic heterocycles. The topological polar surface area (TPSA) is 63.5 Å². The minimum absolute atomic E-state index is 0.0766. The van der Waals surface area contributed by atoms with Gasteiger partial charge in [0, 0.05) is 24.3 Å². The van der Waals surface area contributed by atoms with E-state index in [-0.39, 0.29) is 17.0 Å². The van der Waals surface area contributed by atoms with Crippen LogP contribution in [-0.4, -0.2) is 21.8 Å². The molecule has 5 nitrogen and oxygen atoms in total. The fourth-order valence-electron chi connectivity index (χ4n) is 1.24. The lowest BCUT2D eigenvalue weighted by Crippen LogP contribution is -2.30. The highest BCUT2D eigenvalue weighted by Gasteiger charge is 2.12. The standard InChI is InChI=1S/C9H9N3O2S/c1-2-10-7(13)6-5-11-9-12(8(6)14)3-4-15-9/h3-5H,2H2,1H3,(H,10,13). The molecular weight excluding hydrogens is 214 g/mol. The number of aromatic nitrogens is 2. The van der Waals surface area contributed by atoms with Crippen LogP contribution in [0.1, 0.15) is 17.3 Å². The first-order valence-electron chi connectivity index (χ1n) is 4.47. The molecule has 0 aromatic carbocycles. The van der Waals surface area contributed by atoms with Crippen LogP contribution >= 0.6 is 11.3 Å². The largest absolute Gasteiger partial charge is 0.352 e. The minimum atomic E-state index is -0.379. The van der Waals surface area contributed by atoms with Gasteiger partial charge in [-0.05, 0) is 6.92 Å². The van der Waals surface area contributed by atoms with Gasteiger partial charge in [-0.1, -0.05) is 0 Å². The van der Waals surface area contributed by atoms with Crippen molar-refractivity contribution in [3.05, 3.63) is 33.7 Å². The molecule has 0 unspecified atom stereocenters. The van der Waals surface area contributed by atoms with Crippen LogP contribution in [0, 0.1) is 0 Å². The molecule has 0 radical (unpaired) electrons. The van der Waals surface area contributed by atoms with Gasteiger partial charge in [0.05, 0.1) is 0 Å². The zero-order chi connectivity index (χ0) is 10.8. The van der Waals surface area contributed by atoms with Crippen LogP contribution in [0.15, 0.2) is 22.6 Å². The molecule has 1 amide bonds. The highest BCUT2D eigenvalue weighted by molar-refractivity contribution is 7.15. The smallest absolute Gasteiger partial charge is 0.271 e. The van der Waals surface area contributed by atoms with Crippen molar-refractivity contribution in [3.8, 4) is 0 Å². The van der Waals surface area contributed by atoms with E-state index in [4.69, 9.17) is 0 Å². The number of carbonyl (C=O) groups excluding carboxylic acids is 1. The van der Waals surface area contributed by atoms with Gasteiger partial charge in [0.15, 0.2) is 4.96 Å². The van der Waals surface area contributed by atoms with E-state index in [1.54, 1.807) is 18.5 Å². The van der Waals surface area contributed by atoms with E-state index >= 15 is 0 Å². The number of rotatable bonds is 2. The third kappa shape index (κ3) is 1.63. The monoisotopic (exact) mass is 223 g/mol. The average molecular weight is 223 g/mol. The maximum absolute atomic E-state index is 11.8. The van der Waals surface area contributed by atoms with E-state index in [1.807, 2.05) is 0 Å². The van der Waals surface area contributed by atoms with Gasteiger partial charge in [0.1, 0.15) is 5.56 Å². The highest BCUT2D eigenvalue weighted by Crippen LogP contribution is 2.05. The van der Waals surface area contributed by atoms with Crippen LogP contribution in [0.4, 0.5) is 0 Å². The molecule has 0 atom stereocenters. The number of hydrogen-bond donors (Lipinski definition) is 1. The Labute approximate surface area is 89.4 Å². The van der Waals surface area contributed by atoms with Gasteiger partial charge in [0.2, 0.25) is 0 Å². The molecule has 6 heteroatoms. The molecule has 1 N–H and O–H groups in total. The summed E-state index contributed by atoms with van der Waals surface area (Å²) in [5.74, 6) is -0.379. The molecule has 0 spiro atoms. The van der Waals surface area contributed by atoms with Crippen LogP contribution in [0.5, 0.6) is 0 Å². The number of fused-ring (bicyclic) bond motifs is 1. The fraction of sp³-hybridized carbons (Fsp3) is 0.222. The zero-order valence-corrected chi connectivity index (χ0v) is 8.87. The Morgan fingerprint density at radius 1 is 1.67 bits per heavy atom. The Morgan fingerprint density at radius 2 is 2.47 bits per heavy atom. The lowest BCUT2D eigenvalue weighted by atomic mass is 10.3. The predicted molar refractivity (Wildman–Crippen MR) is 57.3 cm³/mol. The number of nitrogens with zero attached hydrogens (tertiary/aromatic N) is 2. The summed E-state index contributed by atoms with van der Waals surface area (Å²) < 4.78 is 1.37. The van der Waals surface area contributed by atoms with Gasteiger partial charge in [-0.25, -0.2) is 4.98 Å². The van der Waals surface area contributed by atoms with Gasteiger partial charge in [-0.2, -0.15) is 0 Å². The Balaban J connectivity index is 2.57. The second kappa shape index (κ2) is 3.82. The maximum atomic E-state index is 11.8. The van der Waals surface area contributed by atoms with Crippen molar-refractivity contribution in [2.75, 3.05) is 6.54 Å². The summed E-state index contributed by atoms with van der Waals surface area (Å²) >= 11 is 1.36.